The normalized spacial score (nSPS) is 13.0. The number of nitrogens with one attached hydrogen (secondary N) is 1. The van der Waals surface area contributed by atoms with E-state index in [0.29, 0.717) is 11.4 Å². The molecular formula is C14H17ClF3NO2S. The fourth-order valence-electron chi connectivity index (χ4n) is 1.50. The second kappa shape index (κ2) is 9.27. The van der Waals surface area contributed by atoms with Crippen molar-refractivity contribution in [3.63, 3.8) is 0 Å². The number of hydrogen-bond acceptors (Lipinski definition) is 3. The van der Waals surface area contributed by atoms with Gasteiger partial charge in [-0.1, -0.05) is 23.7 Å². The fourth-order valence-corrected chi connectivity index (χ4v) is 2.68. The molecule has 0 spiro atoms. The van der Waals surface area contributed by atoms with Crippen LogP contribution in [-0.4, -0.2) is 37.1 Å². The summed E-state index contributed by atoms with van der Waals surface area (Å²) in [6, 6.07) is 7.20. The molecule has 0 fully saturated rings. The van der Waals surface area contributed by atoms with Crippen molar-refractivity contribution >= 4 is 29.3 Å². The molecule has 124 valence electrons. The van der Waals surface area contributed by atoms with Gasteiger partial charge in [-0.2, -0.15) is 13.2 Å². The molecule has 0 saturated heterocycles. The van der Waals surface area contributed by atoms with Crippen molar-refractivity contribution in [2.45, 2.75) is 29.7 Å². The number of carbonyl (C=O) groups excluding carboxylic acids is 1. The average molecular weight is 356 g/mol. The van der Waals surface area contributed by atoms with E-state index in [1.165, 1.54) is 11.8 Å². The number of ether oxygens (including phenoxy) is 1. The van der Waals surface area contributed by atoms with Crippen molar-refractivity contribution in [1.82, 2.24) is 5.32 Å². The Bertz CT molecular complexity index is 485. The van der Waals surface area contributed by atoms with Gasteiger partial charge in [-0.3, -0.25) is 4.79 Å². The van der Waals surface area contributed by atoms with Crippen molar-refractivity contribution in [2.24, 2.45) is 0 Å². The Kier molecular flexibility index (Phi) is 8.06. The largest absolute Gasteiger partial charge is 0.411 e. The number of alkyl halides is 3. The summed E-state index contributed by atoms with van der Waals surface area (Å²) in [6.45, 7) is 0.694. The van der Waals surface area contributed by atoms with Crippen LogP contribution in [0.3, 0.4) is 0 Å². The Balaban J connectivity index is 2.21. The molecule has 1 amide bonds. The van der Waals surface area contributed by atoms with Gasteiger partial charge in [-0.25, -0.2) is 0 Å². The molecule has 0 heterocycles. The number of halogens is 4. The van der Waals surface area contributed by atoms with Gasteiger partial charge in [0.25, 0.3) is 0 Å². The minimum atomic E-state index is -4.32. The van der Waals surface area contributed by atoms with E-state index in [1.54, 1.807) is 19.1 Å². The predicted octanol–water partition coefficient (Wildman–Crippen LogP) is 3.91. The molecule has 0 saturated carbocycles. The summed E-state index contributed by atoms with van der Waals surface area (Å²) < 4.78 is 39.9. The van der Waals surface area contributed by atoms with Gasteiger partial charge in [0.1, 0.15) is 6.61 Å². The highest BCUT2D eigenvalue weighted by atomic mass is 35.5. The number of thioether (sulfide) groups is 1. The minimum absolute atomic E-state index is 0.0498. The van der Waals surface area contributed by atoms with Crippen LogP contribution >= 0.6 is 23.4 Å². The molecular weight excluding hydrogens is 339 g/mol. The van der Waals surface area contributed by atoms with Gasteiger partial charge < -0.3 is 10.1 Å². The SMILES string of the molecule is CC(Sc1ccccc1Cl)C(=O)NCCCOCC(F)(F)F. The summed E-state index contributed by atoms with van der Waals surface area (Å²) in [5.74, 6) is -0.194. The highest BCUT2D eigenvalue weighted by Crippen LogP contribution is 2.29. The summed E-state index contributed by atoms with van der Waals surface area (Å²) >= 11 is 7.34. The van der Waals surface area contributed by atoms with Crippen molar-refractivity contribution < 1.29 is 22.7 Å². The lowest BCUT2D eigenvalue weighted by atomic mass is 10.4. The molecule has 1 unspecified atom stereocenters. The molecule has 1 N–H and O–H groups in total. The van der Waals surface area contributed by atoms with Gasteiger partial charge in [-0.05, 0) is 25.5 Å². The maximum Gasteiger partial charge on any atom is 0.411 e. The molecule has 1 rings (SSSR count). The molecule has 0 aromatic heterocycles. The summed E-state index contributed by atoms with van der Waals surface area (Å²) in [4.78, 5) is 12.7. The van der Waals surface area contributed by atoms with E-state index in [0.717, 1.165) is 4.90 Å². The first kappa shape index (κ1) is 19.1. The first-order chi connectivity index (χ1) is 10.3. The predicted molar refractivity (Wildman–Crippen MR) is 81.3 cm³/mol. The average Bonchev–Trinajstić information content (AvgIpc) is 2.43. The summed E-state index contributed by atoms with van der Waals surface area (Å²) in [5, 5.41) is 2.88. The van der Waals surface area contributed by atoms with E-state index in [9.17, 15) is 18.0 Å². The number of hydrogen-bond donors (Lipinski definition) is 1. The zero-order chi connectivity index (χ0) is 16.6. The van der Waals surface area contributed by atoms with E-state index in [4.69, 9.17) is 11.6 Å². The second-order valence-corrected chi connectivity index (χ2v) is 6.29. The zero-order valence-electron chi connectivity index (χ0n) is 12.0. The maximum atomic E-state index is 11.9. The summed E-state index contributed by atoms with van der Waals surface area (Å²) in [7, 11) is 0. The molecule has 1 aromatic carbocycles. The molecule has 22 heavy (non-hydrogen) atoms. The third-order valence-electron chi connectivity index (χ3n) is 2.54. The van der Waals surface area contributed by atoms with Gasteiger partial charge in [0.15, 0.2) is 0 Å². The van der Waals surface area contributed by atoms with E-state index < -0.39 is 12.8 Å². The third kappa shape index (κ3) is 7.91. The molecule has 0 aliphatic carbocycles. The van der Waals surface area contributed by atoms with Gasteiger partial charge in [0.05, 0.1) is 10.3 Å². The third-order valence-corrected chi connectivity index (χ3v) is 4.16. The zero-order valence-corrected chi connectivity index (χ0v) is 13.5. The van der Waals surface area contributed by atoms with Crippen LogP contribution < -0.4 is 5.32 Å². The highest BCUT2D eigenvalue weighted by Gasteiger charge is 2.27. The van der Waals surface area contributed by atoms with Crippen LogP contribution in [0, 0.1) is 0 Å². The van der Waals surface area contributed by atoms with Crippen molar-refractivity contribution in [2.75, 3.05) is 19.8 Å². The van der Waals surface area contributed by atoms with Crippen LogP contribution in [0.4, 0.5) is 13.2 Å². The van der Waals surface area contributed by atoms with Crippen molar-refractivity contribution in [3.05, 3.63) is 29.3 Å². The van der Waals surface area contributed by atoms with Gasteiger partial charge >= 0.3 is 6.18 Å². The Morgan fingerprint density at radius 3 is 2.73 bits per heavy atom. The lowest BCUT2D eigenvalue weighted by Crippen LogP contribution is -2.32. The Morgan fingerprint density at radius 1 is 1.41 bits per heavy atom. The smallest absolute Gasteiger partial charge is 0.372 e. The molecule has 0 bridgehead atoms. The van der Waals surface area contributed by atoms with E-state index in [1.807, 2.05) is 12.1 Å². The molecule has 1 aromatic rings. The van der Waals surface area contributed by atoms with E-state index >= 15 is 0 Å². The Morgan fingerprint density at radius 2 is 2.09 bits per heavy atom. The molecule has 0 radical (unpaired) electrons. The van der Waals surface area contributed by atoms with Crippen LogP contribution in [0.25, 0.3) is 0 Å². The maximum absolute atomic E-state index is 11.9. The fraction of sp³-hybridized carbons (Fsp3) is 0.500. The Hall–Kier alpha value is -0.920. The van der Waals surface area contributed by atoms with Gasteiger partial charge in [-0.15, -0.1) is 11.8 Å². The highest BCUT2D eigenvalue weighted by molar-refractivity contribution is 8.00. The number of amides is 1. The van der Waals surface area contributed by atoms with Crippen LogP contribution in [0.15, 0.2) is 29.2 Å². The molecule has 1 atom stereocenters. The summed E-state index contributed by atoms with van der Waals surface area (Å²) in [5.41, 5.74) is 0. The lowest BCUT2D eigenvalue weighted by molar-refractivity contribution is -0.174. The van der Waals surface area contributed by atoms with Crippen LogP contribution in [0.5, 0.6) is 0 Å². The van der Waals surface area contributed by atoms with Gasteiger partial charge in [0.2, 0.25) is 5.91 Å². The first-order valence-corrected chi connectivity index (χ1v) is 7.89. The standard InChI is InChI=1S/C14H17ClF3NO2S/c1-10(22-12-6-3-2-5-11(12)15)13(20)19-7-4-8-21-9-14(16,17)18/h2-3,5-6,10H,4,7-9H2,1H3,(H,19,20). The Labute approximate surface area is 136 Å². The number of carbonyl (C=O) groups is 1. The lowest BCUT2D eigenvalue weighted by Gasteiger charge is -2.13. The first-order valence-electron chi connectivity index (χ1n) is 6.63. The molecule has 0 aliphatic heterocycles. The van der Waals surface area contributed by atoms with E-state index in [2.05, 4.69) is 10.1 Å². The molecule has 3 nitrogen and oxygen atoms in total. The monoisotopic (exact) mass is 355 g/mol. The quantitative estimate of drug-likeness (QED) is 0.567. The molecule has 8 heteroatoms. The number of benzene rings is 1. The minimum Gasteiger partial charge on any atom is -0.372 e. The second-order valence-electron chi connectivity index (χ2n) is 4.50. The van der Waals surface area contributed by atoms with Crippen LogP contribution in [0.1, 0.15) is 13.3 Å². The molecule has 0 aliphatic rings. The van der Waals surface area contributed by atoms with Crippen molar-refractivity contribution in [1.29, 1.82) is 0 Å². The van der Waals surface area contributed by atoms with Crippen LogP contribution in [-0.2, 0) is 9.53 Å². The van der Waals surface area contributed by atoms with Crippen molar-refractivity contribution in [3.8, 4) is 0 Å². The summed E-state index contributed by atoms with van der Waals surface area (Å²) in [6.07, 6.45) is -3.99. The number of rotatable bonds is 8. The van der Waals surface area contributed by atoms with Gasteiger partial charge in [0, 0.05) is 18.0 Å². The van der Waals surface area contributed by atoms with Crippen LogP contribution in [0.2, 0.25) is 5.02 Å². The topological polar surface area (TPSA) is 38.3 Å². The van der Waals surface area contributed by atoms with E-state index in [-0.39, 0.29) is 24.3 Å².